The molecule has 1 N–H and O–H groups in total. The highest BCUT2D eigenvalue weighted by Gasteiger charge is 2.29. The van der Waals surface area contributed by atoms with E-state index in [0.717, 1.165) is 33.8 Å². The fourth-order valence-electron chi connectivity index (χ4n) is 3.46. The van der Waals surface area contributed by atoms with Crippen LogP contribution in [0.1, 0.15) is 30.5 Å². The number of halogens is 1. The average molecular weight is 455 g/mol. The molecule has 3 aromatic carbocycles. The quantitative estimate of drug-likeness (QED) is 0.519. The Kier molecular flexibility index (Phi) is 7.64. The Bertz CT molecular complexity index is 1180. The maximum Gasteiger partial charge on any atom is 0.264 e. The first kappa shape index (κ1) is 23.5. The molecule has 0 aliphatic heterocycles. The Morgan fingerprint density at radius 1 is 0.906 bits per heavy atom. The third-order valence-electron chi connectivity index (χ3n) is 5.28. The Balaban J connectivity index is 1.86. The molecule has 1 amide bonds. The lowest BCUT2D eigenvalue weighted by Gasteiger charge is -2.24. The van der Waals surface area contributed by atoms with Gasteiger partial charge in [0, 0.05) is 6.54 Å². The molecule has 3 rings (SSSR count). The maximum atomic E-state index is 14.5. The SMILES string of the molecule is CCc1ccc(CC)c(CNC(=O)CN(c2ccccc2F)S(=O)(=O)c2ccccc2)c1. The Hall–Kier alpha value is -3.19. The molecule has 0 radical (unpaired) electrons. The van der Waals surface area contributed by atoms with Gasteiger partial charge in [0.05, 0.1) is 10.6 Å². The molecule has 32 heavy (non-hydrogen) atoms. The highest BCUT2D eigenvalue weighted by molar-refractivity contribution is 7.92. The van der Waals surface area contributed by atoms with Gasteiger partial charge in [-0.1, -0.05) is 62.4 Å². The summed E-state index contributed by atoms with van der Waals surface area (Å²) in [6.45, 7) is 3.84. The number of aryl methyl sites for hydroxylation is 2. The van der Waals surface area contributed by atoms with E-state index in [2.05, 4.69) is 24.4 Å². The third kappa shape index (κ3) is 5.34. The highest BCUT2D eigenvalue weighted by Crippen LogP contribution is 2.26. The van der Waals surface area contributed by atoms with E-state index in [1.165, 1.54) is 36.4 Å². The fraction of sp³-hybridized carbons (Fsp3) is 0.240. The molecular weight excluding hydrogens is 427 g/mol. The van der Waals surface area contributed by atoms with Crippen LogP contribution in [0.3, 0.4) is 0 Å². The number of nitrogens with zero attached hydrogens (tertiary/aromatic N) is 1. The van der Waals surface area contributed by atoms with Gasteiger partial charge in [-0.25, -0.2) is 12.8 Å². The number of hydrogen-bond donors (Lipinski definition) is 1. The third-order valence-corrected chi connectivity index (χ3v) is 7.05. The zero-order valence-corrected chi connectivity index (χ0v) is 19.0. The molecule has 0 saturated heterocycles. The van der Waals surface area contributed by atoms with E-state index in [1.54, 1.807) is 18.2 Å². The molecule has 168 valence electrons. The smallest absolute Gasteiger partial charge is 0.264 e. The molecule has 7 heteroatoms. The molecule has 0 fully saturated rings. The van der Waals surface area contributed by atoms with Gasteiger partial charge in [0.25, 0.3) is 10.0 Å². The Morgan fingerprint density at radius 3 is 2.25 bits per heavy atom. The largest absolute Gasteiger partial charge is 0.350 e. The van der Waals surface area contributed by atoms with Crippen LogP contribution in [0.4, 0.5) is 10.1 Å². The lowest BCUT2D eigenvalue weighted by Crippen LogP contribution is -2.41. The van der Waals surface area contributed by atoms with Crippen molar-refractivity contribution >= 4 is 21.6 Å². The van der Waals surface area contributed by atoms with Crippen molar-refractivity contribution in [3.63, 3.8) is 0 Å². The van der Waals surface area contributed by atoms with E-state index in [-0.39, 0.29) is 17.1 Å². The molecule has 0 unspecified atom stereocenters. The van der Waals surface area contributed by atoms with E-state index in [9.17, 15) is 17.6 Å². The van der Waals surface area contributed by atoms with Crippen molar-refractivity contribution in [3.05, 3.63) is 95.3 Å². The molecule has 0 bridgehead atoms. The van der Waals surface area contributed by atoms with Crippen LogP contribution in [0.25, 0.3) is 0 Å². The summed E-state index contributed by atoms with van der Waals surface area (Å²) in [5, 5.41) is 2.80. The number of amides is 1. The molecule has 0 aliphatic rings. The molecule has 5 nitrogen and oxygen atoms in total. The van der Waals surface area contributed by atoms with Crippen LogP contribution in [0.15, 0.2) is 77.7 Å². The number of carbonyl (C=O) groups excluding carboxylic acids is 1. The molecule has 0 atom stereocenters. The topological polar surface area (TPSA) is 66.5 Å². The van der Waals surface area contributed by atoms with E-state index < -0.39 is 28.3 Å². The molecule has 0 aromatic heterocycles. The number of sulfonamides is 1. The monoisotopic (exact) mass is 454 g/mol. The summed E-state index contributed by atoms with van der Waals surface area (Å²) in [5.74, 6) is -1.24. The first-order valence-corrected chi connectivity index (χ1v) is 12.0. The summed E-state index contributed by atoms with van der Waals surface area (Å²) in [4.78, 5) is 12.8. The number of anilines is 1. The van der Waals surface area contributed by atoms with Crippen molar-refractivity contribution in [2.75, 3.05) is 10.8 Å². The van der Waals surface area contributed by atoms with Gasteiger partial charge in [-0.2, -0.15) is 0 Å². The minimum Gasteiger partial charge on any atom is -0.350 e. The first-order valence-electron chi connectivity index (χ1n) is 10.6. The van der Waals surface area contributed by atoms with Crippen molar-refractivity contribution < 1.29 is 17.6 Å². The lowest BCUT2D eigenvalue weighted by molar-refractivity contribution is -0.119. The van der Waals surface area contributed by atoms with E-state index in [4.69, 9.17) is 0 Å². The van der Waals surface area contributed by atoms with Gasteiger partial charge >= 0.3 is 0 Å². The average Bonchev–Trinajstić information content (AvgIpc) is 2.82. The first-order chi connectivity index (χ1) is 15.4. The van der Waals surface area contributed by atoms with Crippen LogP contribution in [0.2, 0.25) is 0 Å². The molecule has 0 spiro atoms. The molecular formula is C25H27FN2O3S. The lowest BCUT2D eigenvalue weighted by atomic mass is 10.0. The van der Waals surface area contributed by atoms with Crippen LogP contribution in [-0.2, 0) is 34.2 Å². The van der Waals surface area contributed by atoms with E-state index in [1.807, 2.05) is 13.0 Å². The van der Waals surface area contributed by atoms with Crippen LogP contribution >= 0.6 is 0 Å². The number of nitrogens with one attached hydrogen (secondary N) is 1. The second-order valence-electron chi connectivity index (χ2n) is 7.36. The number of rotatable bonds is 9. The van der Waals surface area contributed by atoms with Gasteiger partial charge in [0.15, 0.2) is 0 Å². The van der Waals surface area contributed by atoms with Gasteiger partial charge in [0.2, 0.25) is 5.91 Å². The van der Waals surface area contributed by atoms with Gasteiger partial charge in [0.1, 0.15) is 12.4 Å². The zero-order chi connectivity index (χ0) is 23.1. The zero-order valence-electron chi connectivity index (χ0n) is 18.2. The van der Waals surface area contributed by atoms with Crippen molar-refractivity contribution in [3.8, 4) is 0 Å². The standard InChI is InChI=1S/C25H27FN2O3S/c1-3-19-14-15-20(4-2)21(16-19)17-27-25(29)18-28(24-13-9-8-12-23(24)26)32(30,31)22-10-6-5-7-11-22/h5-16H,3-4,17-18H2,1-2H3,(H,27,29). The van der Waals surface area contributed by atoms with Crippen molar-refractivity contribution in [2.24, 2.45) is 0 Å². The summed E-state index contributed by atoms with van der Waals surface area (Å²) in [6.07, 6.45) is 1.69. The van der Waals surface area contributed by atoms with E-state index >= 15 is 0 Å². The number of benzene rings is 3. The highest BCUT2D eigenvalue weighted by atomic mass is 32.2. The normalized spacial score (nSPS) is 11.2. The molecule has 0 aliphatic carbocycles. The second-order valence-corrected chi connectivity index (χ2v) is 9.23. The maximum absolute atomic E-state index is 14.5. The molecule has 0 heterocycles. The fourth-order valence-corrected chi connectivity index (χ4v) is 4.91. The van der Waals surface area contributed by atoms with Crippen LogP contribution < -0.4 is 9.62 Å². The summed E-state index contributed by atoms with van der Waals surface area (Å²) in [5.41, 5.74) is 3.09. The van der Waals surface area contributed by atoms with Crippen LogP contribution in [0.5, 0.6) is 0 Å². The van der Waals surface area contributed by atoms with E-state index in [0.29, 0.717) is 0 Å². The van der Waals surface area contributed by atoms with Crippen molar-refractivity contribution in [1.82, 2.24) is 5.32 Å². The number of para-hydroxylation sites is 1. The predicted octanol–water partition coefficient (Wildman–Crippen LogP) is 4.46. The number of carbonyl (C=O) groups is 1. The van der Waals surface area contributed by atoms with Gasteiger partial charge < -0.3 is 5.32 Å². The summed E-state index contributed by atoms with van der Waals surface area (Å²) in [6, 6.07) is 19.4. The minimum atomic E-state index is -4.15. The van der Waals surface area contributed by atoms with Crippen molar-refractivity contribution in [2.45, 2.75) is 38.1 Å². The molecule has 0 saturated carbocycles. The minimum absolute atomic E-state index is 0.0139. The molecule has 3 aromatic rings. The summed E-state index contributed by atoms with van der Waals surface area (Å²) >= 11 is 0. The summed E-state index contributed by atoms with van der Waals surface area (Å²) in [7, 11) is -4.15. The van der Waals surface area contributed by atoms with Gasteiger partial charge in [-0.15, -0.1) is 0 Å². The van der Waals surface area contributed by atoms with Gasteiger partial charge in [-0.3, -0.25) is 9.10 Å². The predicted molar refractivity (Wildman–Crippen MR) is 124 cm³/mol. The van der Waals surface area contributed by atoms with Crippen LogP contribution in [0, 0.1) is 5.82 Å². The van der Waals surface area contributed by atoms with Crippen LogP contribution in [-0.4, -0.2) is 20.9 Å². The Labute approximate surface area is 188 Å². The number of hydrogen-bond acceptors (Lipinski definition) is 3. The van der Waals surface area contributed by atoms with Gasteiger partial charge in [-0.05, 0) is 53.8 Å². The second kappa shape index (κ2) is 10.4. The van der Waals surface area contributed by atoms with Crippen molar-refractivity contribution in [1.29, 1.82) is 0 Å². The Morgan fingerprint density at radius 2 is 1.59 bits per heavy atom. The summed E-state index contributed by atoms with van der Waals surface area (Å²) < 4.78 is 41.9.